The minimum atomic E-state index is -1.17. The van der Waals surface area contributed by atoms with Gasteiger partial charge in [-0.05, 0) is 86.7 Å². The number of rotatable bonds is 9. The zero-order valence-corrected chi connectivity index (χ0v) is 27.1. The summed E-state index contributed by atoms with van der Waals surface area (Å²) in [4.78, 5) is 41.3. The van der Waals surface area contributed by atoms with Gasteiger partial charge in [0.15, 0.2) is 0 Å². The fourth-order valence-corrected chi connectivity index (χ4v) is 5.46. The Kier molecular flexibility index (Phi) is 9.59. The van der Waals surface area contributed by atoms with Crippen LogP contribution in [0.25, 0.3) is 0 Å². The summed E-state index contributed by atoms with van der Waals surface area (Å²) in [6.07, 6.45) is -2.15. The van der Waals surface area contributed by atoms with E-state index in [-0.39, 0.29) is 19.6 Å². The van der Waals surface area contributed by atoms with Crippen LogP contribution in [0, 0.1) is 26.2 Å². The first-order chi connectivity index (χ1) is 20.6. The number of aliphatic hydroxyl groups is 1. The molecule has 0 spiro atoms. The van der Waals surface area contributed by atoms with Crippen molar-refractivity contribution in [2.24, 2.45) is 5.41 Å². The second kappa shape index (κ2) is 12.7. The molecule has 0 saturated carbocycles. The van der Waals surface area contributed by atoms with Crippen molar-refractivity contribution in [2.45, 2.75) is 72.5 Å². The highest BCUT2D eigenvalue weighted by molar-refractivity contribution is 6.30. The summed E-state index contributed by atoms with van der Waals surface area (Å²) in [6.45, 7) is 12.8. The number of hydrogen-bond donors (Lipinski definition) is 3. The molecule has 9 heteroatoms. The van der Waals surface area contributed by atoms with Crippen molar-refractivity contribution in [1.29, 1.82) is 0 Å². The molecular formula is C35H41ClN2O6. The molecule has 0 fully saturated rings. The van der Waals surface area contributed by atoms with Gasteiger partial charge in [0.05, 0.1) is 11.8 Å². The highest BCUT2D eigenvalue weighted by Gasteiger charge is 2.40. The Morgan fingerprint density at radius 3 is 2.34 bits per heavy atom. The van der Waals surface area contributed by atoms with Crippen LogP contribution in [0.1, 0.15) is 73.6 Å². The number of aryl methyl sites for hydroxylation is 2. The van der Waals surface area contributed by atoms with Crippen molar-refractivity contribution < 1.29 is 29.3 Å². The largest absolute Gasteiger partial charge is 0.481 e. The van der Waals surface area contributed by atoms with Gasteiger partial charge in [-0.15, -0.1) is 0 Å². The van der Waals surface area contributed by atoms with E-state index in [4.69, 9.17) is 16.3 Å². The molecule has 1 aliphatic heterocycles. The number of halogens is 1. The lowest BCUT2D eigenvalue weighted by atomic mass is 9.84. The van der Waals surface area contributed by atoms with Crippen LogP contribution in [0.2, 0.25) is 5.02 Å². The van der Waals surface area contributed by atoms with Crippen LogP contribution in [0.4, 0.5) is 11.4 Å². The molecule has 0 aliphatic carbocycles. The standard InChI is InChI=1S/C35H41ClN2O6/c1-20-9-8-10-25(22(20)3)31-26-16-24(36)13-14-28(26)38(18-34(4,5)19-39)32(41)29(44-31)17-30(40)37-27-15-23(12-11-21(27)2)35(6,7)33(42)43/h8-16,29,31,39H,17-19H2,1-7H3,(H,37,40)(H,42,43)/t29-,31-/m1/s1. The molecule has 1 aliphatic rings. The molecule has 44 heavy (non-hydrogen) atoms. The molecule has 1 heterocycles. The lowest BCUT2D eigenvalue weighted by Gasteiger charge is -2.32. The van der Waals surface area contributed by atoms with Gasteiger partial charge in [-0.3, -0.25) is 14.4 Å². The third kappa shape index (κ3) is 6.83. The van der Waals surface area contributed by atoms with E-state index >= 15 is 0 Å². The fourth-order valence-electron chi connectivity index (χ4n) is 5.28. The quantitative estimate of drug-likeness (QED) is 0.252. The van der Waals surface area contributed by atoms with Crippen LogP contribution < -0.4 is 10.2 Å². The van der Waals surface area contributed by atoms with Crippen molar-refractivity contribution in [2.75, 3.05) is 23.4 Å². The van der Waals surface area contributed by atoms with Crippen molar-refractivity contribution >= 4 is 40.8 Å². The molecule has 0 unspecified atom stereocenters. The molecule has 0 bridgehead atoms. The third-order valence-electron chi connectivity index (χ3n) is 8.49. The Hall–Kier alpha value is -3.72. The Balaban J connectivity index is 1.76. The van der Waals surface area contributed by atoms with Crippen LogP contribution in [0.3, 0.4) is 0 Å². The monoisotopic (exact) mass is 620 g/mol. The van der Waals surface area contributed by atoms with E-state index in [1.165, 1.54) is 0 Å². The Bertz CT molecular complexity index is 1600. The third-order valence-corrected chi connectivity index (χ3v) is 8.72. The number of hydrogen-bond acceptors (Lipinski definition) is 5. The number of carbonyl (C=O) groups is 3. The second-order valence-corrected chi connectivity index (χ2v) is 13.4. The molecule has 4 rings (SSSR count). The average Bonchev–Trinajstić information content (AvgIpc) is 3.05. The van der Waals surface area contributed by atoms with Gasteiger partial charge in [-0.25, -0.2) is 0 Å². The molecular weight excluding hydrogens is 580 g/mol. The van der Waals surface area contributed by atoms with E-state index in [2.05, 4.69) is 5.32 Å². The Morgan fingerprint density at radius 2 is 1.68 bits per heavy atom. The number of carboxylic acids is 1. The normalized spacial score (nSPS) is 17.2. The summed E-state index contributed by atoms with van der Waals surface area (Å²) in [7, 11) is 0. The van der Waals surface area contributed by atoms with Crippen molar-refractivity contribution in [1.82, 2.24) is 0 Å². The number of nitrogens with one attached hydrogen (secondary N) is 1. The molecule has 3 aromatic rings. The summed E-state index contributed by atoms with van der Waals surface area (Å²) in [5.41, 5.74) is 4.13. The molecule has 0 saturated heterocycles. The minimum Gasteiger partial charge on any atom is -0.481 e. The summed E-state index contributed by atoms with van der Waals surface area (Å²) < 4.78 is 6.60. The number of benzene rings is 3. The number of fused-ring (bicyclic) bond motifs is 1. The van der Waals surface area contributed by atoms with Gasteiger partial charge in [-0.1, -0.05) is 55.8 Å². The molecule has 3 aromatic carbocycles. The molecule has 0 aromatic heterocycles. The summed E-state index contributed by atoms with van der Waals surface area (Å²) in [6, 6.07) is 16.3. The zero-order valence-electron chi connectivity index (χ0n) is 26.3. The van der Waals surface area contributed by atoms with Crippen LogP contribution in [-0.4, -0.2) is 47.3 Å². The molecule has 0 radical (unpaired) electrons. The molecule has 2 atom stereocenters. The number of ether oxygens (including phenoxy) is 1. The van der Waals surface area contributed by atoms with Gasteiger partial charge in [0, 0.05) is 40.5 Å². The first kappa shape index (κ1) is 33.2. The SMILES string of the molecule is Cc1ccc(C(C)(C)C(=O)O)cc1NC(=O)C[C@H]1O[C@H](c2cccc(C)c2C)c2cc(Cl)ccc2N(CC(C)(C)CO)C1=O. The average molecular weight is 621 g/mol. The fraction of sp³-hybridized carbons (Fsp3) is 0.400. The van der Waals surface area contributed by atoms with E-state index in [0.717, 1.165) is 22.3 Å². The van der Waals surface area contributed by atoms with Crippen LogP contribution in [0.5, 0.6) is 0 Å². The van der Waals surface area contributed by atoms with Gasteiger partial charge in [-0.2, -0.15) is 0 Å². The maximum Gasteiger partial charge on any atom is 0.313 e. The first-order valence-electron chi connectivity index (χ1n) is 14.6. The maximum absolute atomic E-state index is 14.3. The number of carbonyl (C=O) groups excluding carboxylic acids is 2. The predicted octanol–water partition coefficient (Wildman–Crippen LogP) is 6.50. The Labute approximate surface area is 264 Å². The molecule has 234 valence electrons. The van der Waals surface area contributed by atoms with E-state index < -0.39 is 40.8 Å². The summed E-state index contributed by atoms with van der Waals surface area (Å²) in [5, 5.41) is 23.2. The number of nitrogens with zero attached hydrogens (tertiary/aromatic N) is 1. The first-order valence-corrected chi connectivity index (χ1v) is 15.0. The number of anilines is 2. The smallest absolute Gasteiger partial charge is 0.313 e. The number of aliphatic hydroxyl groups excluding tert-OH is 1. The van der Waals surface area contributed by atoms with Gasteiger partial charge in [0.1, 0.15) is 12.2 Å². The van der Waals surface area contributed by atoms with Gasteiger partial charge in [0.2, 0.25) is 5.91 Å². The van der Waals surface area contributed by atoms with Gasteiger partial charge in [0.25, 0.3) is 5.91 Å². The van der Waals surface area contributed by atoms with Crippen molar-refractivity contribution in [3.05, 3.63) is 93.0 Å². The zero-order chi connectivity index (χ0) is 32.6. The predicted molar refractivity (Wildman–Crippen MR) is 172 cm³/mol. The van der Waals surface area contributed by atoms with Crippen LogP contribution >= 0.6 is 11.6 Å². The van der Waals surface area contributed by atoms with Gasteiger partial charge < -0.3 is 25.2 Å². The van der Waals surface area contributed by atoms with Crippen molar-refractivity contribution in [3.63, 3.8) is 0 Å². The minimum absolute atomic E-state index is 0.158. The topological polar surface area (TPSA) is 116 Å². The summed E-state index contributed by atoms with van der Waals surface area (Å²) >= 11 is 6.49. The molecule has 3 N–H and O–H groups in total. The van der Waals surface area contributed by atoms with E-state index in [0.29, 0.717) is 27.5 Å². The number of carboxylic acid groups (broad SMARTS) is 1. The molecule has 8 nitrogen and oxygen atoms in total. The number of aliphatic carboxylic acids is 1. The lowest BCUT2D eigenvalue weighted by molar-refractivity contribution is -0.142. The highest BCUT2D eigenvalue weighted by Crippen LogP contribution is 2.42. The van der Waals surface area contributed by atoms with E-state index in [1.807, 2.05) is 52.8 Å². The van der Waals surface area contributed by atoms with Gasteiger partial charge >= 0.3 is 5.97 Å². The number of amides is 2. The van der Waals surface area contributed by atoms with E-state index in [9.17, 15) is 24.6 Å². The van der Waals surface area contributed by atoms with Crippen LogP contribution in [0.15, 0.2) is 54.6 Å². The second-order valence-electron chi connectivity index (χ2n) is 13.0. The Morgan fingerprint density at radius 1 is 0.977 bits per heavy atom. The molecule has 2 amide bonds. The van der Waals surface area contributed by atoms with E-state index in [1.54, 1.807) is 55.1 Å². The highest BCUT2D eigenvalue weighted by atomic mass is 35.5. The summed E-state index contributed by atoms with van der Waals surface area (Å²) in [5.74, 6) is -1.85. The maximum atomic E-state index is 14.3. The lowest BCUT2D eigenvalue weighted by Crippen LogP contribution is -2.46. The van der Waals surface area contributed by atoms with Crippen molar-refractivity contribution in [3.8, 4) is 0 Å². The van der Waals surface area contributed by atoms with Crippen LogP contribution in [-0.2, 0) is 24.5 Å².